The molecule has 1 saturated heterocycles. The van der Waals surface area contributed by atoms with Crippen molar-refractivity contribution < 1.29 is 14.0 Å². The number of hydrogen-bond acceptors (Lipinski definition) is 3. The van der Waals surface area contributed by atoms with Gasteiger partial charge in [0.2, 0.25) is 5.91 Å². The Kier molecular flexibility index (Phi) is 9.73. The van der Waals surface area contributed by atoms with E-state index in [0.29, 0.717) is 24.2 Å². The minimum absolute atomic E-state index is 0.0166. The molecule has 0 bridgehead atoms. The van der Waals surface area contributed by atoms with Crippen LogP contribution in [0, 0.1) is 5.82 Å². The van der Waals surface area contributed by atoms with Gasteiger partial charge in [-0.2, -0.15) is 0 Å². The first-order valence-corrected chi connectivity index (χ1v) is 12.3. The van der Waals surface area contributed by atoms with Crippen LogP contribution < -0.4 is 15.5 Å². The lowest BCUT2D eigenvalue weighted by molar-refractivity contribution is -0.116. The van der Waals surface area contributed by atoms with Crippen molar-refractivity contribution in [2.24, 2.45) is 0 Å². The van der Waals surface area contributed by atoms with E-state index in [1.165, 1.54) is 37.8 Å². The van der Waals surface area contributed by atoms with Crippen LogP contribution in [0.1, 0.15) is 80.6 Å². The average molecular weight is 454 g/mol. The highest BCUT2D eigenvalue weighted by Crippen LogP contribution is 2.28. The predicted molar refractivity (Wildman–Crippen MR) is 132 cm³/mol. The number of unbranched alkanes of at least 4 members (excludes halogenated alkanes) is 5. The van der Waals surface area contributed by atoms with Gasteiger partial charge in [-0.05, 0) is 55.2 Å². The molecule has 2 aromatic carbocycles. The highest BCUT2D eigenvalue weighted by molar-refractivity contribution is 6.02. The van der Waals surface area contributed by atoms with E-state index in [9.17, 15) is 14.0 Å². The van der Waals surface area contributed by atoms with Crippen molar-refractivity contribution in [3.63, 3.8) is 0 Å². The third-order valence-corrected chi connectivity index (χ3v) is 6.10. The highest BCUT2D eigenvalue weighted by Gasteiger charge is 2.20. The molecule has 3 rings (SSSR count). The monoisotopic (exact) mass is 453 g/mol. The molecular formula is C27H36FN3O2. The Morgan fingerprint density at radius 2 is 1.64 bits per heavy atom. The number of amides is 2. The molecule has 1 heterocycles. The van der Waals surface area contributed by atoms with Gasteiger partial charge in [-0.1, -0.05) is 51.2 Å². The first-order chi connectivity index (χ1) is 16.1. The SMILES string of the molecule is CCCCCCCCC(=O)Nc1ccc(N2CCCC2)c(C(=O)NCc2ccc(F)cc2)c1. The fourth-order valence-electron chi connectivity index (χ4n) is 4.20. The third-order valence-electron chi connectivity index (χ3n) is 6.10. The molecule has 0 aromatic heterocycles. The van der Waals surface area contributed by atoms with Crippen LogP contribution in [0.5, 0.6) is 0 Å². The van der Waals surface area contributed by atoms with E-state index in [0.717, 1.165) is 50.0 Å². The van der Waals surface area contributed by atoms with Crippen molar-refractivity contribution in [3.05, 3.63) is 59.4 Å². The van der Waals surface area contributed by atoms with E-state index in [1.807, 2.05) is 12.1 Å². The maximum Gasteiger partial charge on any atom is 0.253 e. The number of rotatable bonds is 12. The third kappa shape index (κ3) is 7.88. The van der Waals surface area contributed by atoms with Crippen LogP contribution in [0.2, 0.25) is 0 Å². The number of benzene rings is 2. The van der Waals surface area contributed by atoms with E-state index in [2.05, 4.69) is 22.5 Å². The minimum atomic E-state index is -0.300. The maximum absolute atomic E-state index is 13.1. The van der Waals surface area contributed by atoms with Gasteiger partial charge in [-0.15, -0.1) is 0 Å². The van der Waals surface area contributed by atoms with Gasteiger partial charge in [0.05, 0.1) is 5.56 Å². The van der Waals surface area contributed by atoms with E-state index < -0.39 is 0 Å². The second-order valence-corrected chi connectivity index (χ2v) is 8.80. The maximum atomic E-state index is 13.1. The summed E-state index contributed by atoms with van der Waals surface area (Å²) in [7, 11) is 0. The molecule has 0 saturated carbocycles. The first-order valence-electron chi connectivity index (χ1n) is 12.3. The number of nitrogens with zero attached hydrogens (tertiary/aromatic N) is 1. The summed E-state index contributed by atoms with van der Waals surface area (Å²) in [5, 5.41) is 5.89. The van der Waals surface area contributed by atoms with Gasteiger partial charge >= 0.3 is 0 Å². The zero-order chi connectivity index (χ0) is 23.5. The fraction of sp³-hybridized carbons (Fsp3) is 0.481. The molecular weight excluding hydrogens is 417 g/mol. The van der Waals surface area contributed by atoms with Crippen LogP contribution in [0.3, 0.4) is 0 Å². The molecule has 1 aliphatic heterocycles. The number of carbonyl (C=O) groups excluding carboxylic acids is 2. The van der Waals surface area contributed by atoms with E-state index >= 15 is 0 Å². The van der Waals surface area contributed by atoms with E-state index in [4.69, 9.17) is 0 Å². The van der Waals surface area contributed by atoms with Crippen molar-refractivity contribution in [1.82, 2.24) is 5.32 Å². The molecule has 0 spiro atoms. The number of halogens is 1. The van der Waals surface area contributed by atoms with Crippen molar-refractivity contribution >= 4 is 23.2 Å². The minimum Gasteiger partial charge on any atom is -0.371 e. The Hall–Kier alpha value is -2.89. The van der Waals surface area contributed by atoms with Crippen molar-refractivity contribution in [1.29, 1.82) is 0 Å². The lowest BCUT2D eigenvalue weighted by Gasteiger charge is -2.22. The summed E-state index contributed by atoms with van der Waals surface area (Å²) in [6.07, 6.45) is 9.52. The predicted octanol–water partition coefficient (Wildman–Crippen LogP) is 6.05. The normalized spacial score (nSPS) is 13.2. The Labute approximate surface area is 196 Å². The van der Waals surface area contributed by atoms with E-state index in [1.54, 1.807) is 18.2 Å². The molecule has 178 valence electrons. The van der Waals surface area contributed by atoms with Crippen LogP contribution in [0.15, 0.2) is 42.5 Å². The van der Waals surface area contributed by atoms with Gasteiger partial charge < -0.3 is 15.5 Å². The van der Waals surface area contributed by atoms with Gasteiger partial charge in [0.1, 0.15) is 5.82 Å². The molecule has 2 N–H and O–H groups in total. The standard InChI is InChI=1S/C27H36FN3O2/c1-2-3-4-5-6-7-10-26(32)30-23-15-16-25(31-17-8-9-18-31)24(19-23)27(33)29-20-21-11-13-22(28)14-12-21/h11-16,19H,2-10,17-18,20H2,1H3,(H,29,33)(H,30,32). The smallest absolute Gasteiger partial charge is 0.253 e. The zero-order valence-corrected chi connectivity index (χ0v) is 19.7. The second kappa shape index (κ2) is 13.0. The molecule has 33 heavy (non-hydrogen) atoms. The molecule has 2 amide bonds. The van der Waals surface area contributed by atoms with Crippen LogP contribution in [0.4, 0.5) is 15.8 Å². The number of anilines is 2. The van der Waals surface area contributed by atoms with Crippen LogP contribution in [-0.2, 0) is 11.3 Å². The topological polar surface area (TPSA) is 61.4 Å². The molecule has 0 unspecified atom stereocenters. The summed E-state index contributed by atoms with van der Waals surface area (Å²) in [6.45, 7) is 4.34. The van der Waals surface area contributed by atoms with Crippen LogP contribution in [0.25, 0.3) is 0 Å². The summed E-state index contributed by atoms with van der Waals surface area (Å²) in [5.41, 5.74) is 2.91. The van der Waals surface area contributed by atoms with Crippen LogP contribution in [-0.4, -0.2) is 24.9 Å². The van der Waals surface area contributed by atoms with Gasteiger partial charge in [-0.3, -0.25) is 9.59 Å². The molecule has 6 heteroatoms. The van der Waals surface area contributed by atoms with Crippen molar-refractivity contribution in [3.8, 4) is 0 Å². The van der Waals surface area contributed by atoms with Gasteiger partial charge in [0.25, 0.3) is 5.91 Å². The summed E-state index contributed by atoms with van der Waals surface area (Å²) in [5.74, 6) is -0.517. The van der Waals surface area contributed by atoms with Crippen LogP contribution >= 0.6 is 0 Å². The largest absolute Gasteiger partial charge is 0.371 e. The Bertz CT molecular complexity index is 908. The lowest BCUT2D eigenvalue weighted by Crippen LogP contribution is -2.27. The summed E-state index contributed by atoms with van der Waals surface area (Å²) < 4.78 is 13.1. The summed E-state index contributed by atoms with van der Waals surface area (Å²) in [4.78, 5) is 27.7. The molecule has 2 aromatic rings. The molecule has 1 fully saturated rings. The second-order valence-electron chi connectivity index (χ2n) is 8.80. The zero-order valence-electron chi connectivity index (χ0n) is 19.7. The summed E-state index contributed by atoms with van der Waals surface area (Å²) >= 11 is 0. The van der Waals surface area contributed by atoms with Gasteiger partial charge in [0, 0.05) is 37.4 Å². The molecule has 5 nitrogen and oxygen atoms in total. The molecule has 0 aliphatic carbocycles. The summed E-state index contributed by atoms with van der Waals surface area (Å²) in [6, 6.07) is 11.7. The van der Waals surface area contributed by atoms with Crippen molar-refractivity contribution in [2.45, 2.75) is 71.3 Å². The fourth-order valence-corrected chi connectivity index (χ4v) is 4.20. The van der Waals surface area contributed by atoms with Gasteiger partial charge in [0.15, 0.2) is 0 Å². The van der Waals surface area contributed by atoms with E-state index in [-0.39, 0.29) is 17.6 Å². The molecule has 1 aliphatic rings. The van der Waals surface area contributed by atoms with Crippen molar-refractivity contribution in [2.75, 3.05) is 23.3 Å². The average Bonchev–Trinajstić information content (AvgIpc) is 3.35. The Morgan fingerprint density at radius 1 is 0.939 bits per heavy atom. The quantitative estimate of drug-likeness (QED) is 0.385. The first kappa shape index (κ1) is 24.7. The number of nitrogens with one attached hydrogen (secondary N) is 2. The molecule has 0 atom stereocenters. The molecule has 0 radical (unpaired) electrons. The van der Waals surface area contributed by atoms with Gasteiger partial charge in [-0.25, -0.2) is 4.39 Å². The highest BCUT2D eigenvalue weighted by atomic mass is 19.1. The Balaban J connectivity index is 1.62. The Morgan fingerprint density at radius 3 is 2.36 bits per heavy atom. The number of carbonyl (C=O) groups is 2. The lowest BCUT2D eigenvalue weighted by atomic mass is 10.1. The number of hydrogen-bond donors (Lipinski definition) is 2.